The van der Waals surface area contributed by atoms with E-state index in [9.17, 15) is 9.18 Å². The lowest BCUT2D eigenvalue weighted by Crippen LogP contribution is -2.16. The summed E-state index contributed by atoms with van der Waals surface area (Å²) in [7, 11) is 0. The Bertz CT molecular complexity index is 774. The molecular weight excluding hydrogens is 275 g/mol. The van der Waals surface area contributed by atoms with E-state index < -0.39 is 11.9 Å². The highest BCUT2D eigenvalue weighted by molar-refractivity contribution is 6.05. The Morgan fingerprint density at radius 3 is 2.81 bits per heavy atom. The fourth-order valence-electron chi connectivity index (χ4n) is 1.80. The first-order valence-electron chi connectivity index (χ1n) is 6.00. The largest absolute Gasteiger partial charge is 0.320 e. The number of para-hydroxylation sites is 2. The quantitative estimate of drug-likeness (QED) is 0.736. The van der Waals surface area contributed by atoms with Crippen LogP contribution in [0.4, 0.5) is 10.1 Å². The molecule has 7 nitrogen and oxygen atoms in total. The molecule has 0 saturated carbocycles. The number of hydrogen-bond donors (Lipinski definition) is 1. The zero-order valence-electron chi connectivity index (χ0n) is 10.6. The summed E-state index contributed by atoms with van der Waals surface area (Å²) in [6.07, 6.45) is 2.68. The van der Waals surface area contributed by atoms with Gasteiger partial charge in [-0.15, -0.1) is 5.10 Å². The van der Waals surface area contributed by atoms with Crippen LogP contribution < -0.4 is 5.32 Å². The molecule has 104 valence electrons. The third-order valence-electron chi connectivity index (χ3n) is 2.75. The number of halogens is 1. The third-order valence-corrected chi connectivity index (χ3v) is 2.75. The summed E-state index contributed by atoms with van der Waals surface area (Å²) >= 11 is 0. The molecule has 2 heterocycles. The van der Waals surface area contributed by atoms with E-state index in [-0.39, 0.29) is 5.56 Å². The minimum atomic E-state index is -0.824. The molecule has 2 aromatic heterocycles. The molecule has 0 spiro atoms. The number of aromatic nitrogens is 5. The average molecular weight is 284 g/mol. The van der Waals surface area contributed by atoms with Crippen LogP contribution in [0.25, 0.3) is 5.69 Å². The number of pyridine rings is 1. The van der Waals surface area contributed by atoms with Crippen LogP contribution in [0.15, 0.2) is 48.9 Å². The van der Waals surface area contributed by atoms with Gasteiger partial charge in [-0.05, 0) is 34.7 Å². The minimum Gasteiger partial charge on any atom is -0.320 e. The van der Waals surface area contributed by atoms with E-state index in [1.807, 2.05) is 0 Å². The number of carbonyl (C=O) groups excluding carboxylic acids is 1. The number of benzene rings is 1. The Kier molecular flexibility index (Phi) is 3.34. The molecule has 0 aliphatic heterocycles. The monoisotopic (exact) mass is 284 g/mol. The lowest BCUT2D eigenvalue weighted by atomic mass is 10.2. The van der Waals surface area contributed by atoms with Gasteiger partial charge in [-0.1, -0.05) is 12.1 Å². The molecule has 1 amide bonds. The molecule has 0 bridgehead atoms. The SMILES string of the molecule is O=C(Nc1ccccc1-n1cnnn1)c1cccnc1F. The molecule has 1 aromatic carbocycles. The van der Waals surface area contributed by atoms with Crippen molar-refractivity contribution in [3.8, 4) is 5.69 Å². The van der Waals surface area contributed by atoms with Crippen molar-refractivity contribution in [1.82, 2.24) is 25.2 Å². The van der Waals surface area contributed by atoms with Crippen LogP contribution in [0.5, 0.6) is 0 Å². The lowest BCUT2D eigenvalue weighted by molar-refractivity contribution is 0.102. The van der Waals surface area contributed by atoms with Crippen molar-refractivity contribution >= 4 is 11.6 Å². The molecule has 3 rings (SSSR count). The van der Waals surface area contributed by atoms with Crippen molar-refractivity contribution in [2.24, 2.45) is 0 Å². The second kappa shape index (κ2) is 5.45. The van der Waals surface area contributed by atoms with Gasteiger partial charge in [-0.3, -0.25) is 4.79 Å². The predicted octanol–water partition coefficient (Wildman–Crippen LogP) is 1.45. The fourth-order valence-corrected chi connectivity index (χ4v) is 1.80. The van der Waals surface area contributed by atoms with Gasteiger partial charge in [0.05, 0.1) is 16.9 Å². The second-order valence-electron chi connectivity index (χ2n) is 4.07. The van der Waals surface area contributed by atoms with Crippen LogP contribution in [-0.2, 0) is 0 Å². The second-order valence-corrected chi connectivity index (χ2v) is 4.07. The number of anilines is 1. The van der Waals surface area contributed by atoms with Gasteiger partial charge in [0.1, 0.15) is 6.33 Å². The van der Waals surface area contributed by atoms with Gasteiger partial charge in [0.25, 0.3) is 5.91 Å². The highest BCUT2D eigenvalue weighted by Crippen LogP contribution is 2.19. The molecule has 3 aromatic rings. The number of tetrazole rings is 1. The van der Waals surface area contributed by atoms with Crippen LogP contribution in [0, 0.1) is 5.95 Å². The van der Waals surface area contributed by atoms with Crippen LogP contribution in [0.1, 0.15) is 10.4 Å². The molecule has 0 fully saturated rings. The van der Waals surface area contributed by atoms with E-state index >= 15 is 0 Å². The number of nitrogens with one attached hydrogen (secondary N) is 1. The van der Waals surface area contributed by atoms with E-state index in [2.05, 4.69) is 25.8 Å². The summed E-state index contributed by atoms with van der Waals surface area (Å²) in [6, 6.07) is 9.76. The van der Waals surface area contributed by atoms with Crippen molar-refractivity contribution in [2.45, 2.75) is 0 Å². The molecule has 0 saturated heterocycles. The maximum Gasteiger partial charge on any atom is 0.260 e. The van der Waals surface area contributed by atoms with Gasteiger partial charge < -0.3 is 5.32 Å². The smallest absolute Gasteiger partial charge is 0.260 e. The van der Waals surface area contributed by atoms with E-state index in [0.717, 1.165) is 0 Å². The van der Waals surface area contributed by atoms with Crippen molar-refractivity contribution in [3.05, 3.63) is 60.4 Å². The summed E-state index contributed by atoms with van der Waals surface area (Å²) in [5.74, 6) is -1.42. The zero-order valence-corrected chi connectivity index (χ0v) is 10.6. The summed E-state index contributed by atoms with van der Waals surface area (Å²) in [5, 5.41) is 13.5. The summed E-state index contributed by atoms with van der Waals surface area (Å²) in [5.41, 5.74) is 0.891. The molecular formula is C13H9FN6O. The van der Waals surface area contributed by atoms with Crippen molar-refractivity contribution in [1.29, 1.82) is 0 Å². The maximum atomic E-state index is 13.5. The molecule has 0 atom stereocenters. The number of carbonyl (C=O) groups is 1. The fraction of sp³-hybridized carbons (Fsp3) is 0. The normalized spacial score (nSPS) is 10.3. The molecule has 21 heavy (non-hydrogen) atoms. The Labute approximate surface area is 118 Å². The van der Waals surface area contributed by atoms with E-state index in [1.54, 1.807) is 24.3 Å². The first-order valence-corrected chi connectivity index (χ1v) is 6.00. The summed E-state index contributed by atoms with van der Waals surface area (Å²) in [4.78, 5) is 15.6. The zero-order chi connectivity index (χ0) is 14.7. The topological polar surface area (TPSA) is 85.6 Å². The third kappa shape index (κ3) is 2.59. The molecule has 0 unspecified atom stereocenters. The first kappa shape index (κ1) is 12.9. The standard InChI is InChI=1S/C13H9FN6O/c14-12-9(4-3-7-15-12)13(21)17-10-5-1-2-6-11(10)20-8-16-18-19-20/h1-8H,(H,17,21). The summed E-state index contributed by atoms with van der Waals surface area (Å²) < 4.78 is 14.9. The predicted molar refractivity (Wildman–Crippen MR) is 71.3 cm³/mol. The van der Waals surface area contributed by atoms with Gasteiger partial charge in [0.15, 0.2) is 0 Å². The average Bonchev–Trinajstić information content (AvgIpc) is 3.02. The molecule has 8 heteroatoms. The van der Waals surface area contributed by atoms with E-state index in [0.29, 0.717) is 11.4 Å². The van der Waals surface area contributed by atoms with E-state index in [4.69, 9.17) is 0 Å². The molecule has 0 aliphatic carbocycles. The van der Waals surface area contributed by atoms with Crippen molar-refractivity contribution in [2.75, 3.05) is 5.32 Å². The Morgan fingerprint density at radius 2 is 2.05 bits per heavy atom. The lowest BCUT2D eigenvalue weighted by Gasteiger charge is -2.10. The van der Waals surface area contributed by atoms with Crippen LogP contribution in [-0.4, -0.2) is 31.1 Å². The van der Waals surface area contributed by atoms with Crippen LogP contribution in [0.2, 0.25) is 0 Å². The number of hydrogen-bond acceptors (Lipinski definition) is 5. The number of amides is 1. The van der Waals surface area contributed by atoms with Gasteiger partial charge in [-0.25, -0.2) is 4.98 Å². The maximum absolute atomic E-state index is 13.5. The van der Waals surface area contributed by atoms with Crippen LogP contribution in [0.3, 0.4) is 0 Å². The number of rotatable bonds is 3. The molecule has 0 aliphatic rings. The first-order chi connectivity index (χ1) is 10.3. The highest BCUT2D eigenvalue weighted by Gasteiger charge is 2.14. The van der Waals surface area contributed by atoms with Crippen LogP contribution >= 0.6 is 0 Å². The molecule has 1 N–H and O–H groups in total. The summed E-state index contributed by atoms with van der Waals surface area (Å²) in [6.45, 7) is 0. The van der Waals surface area contributed by atoms with Gasteiger partial charge in [-0.2, -0.15) is 9.07 Å². The number of nitrogens with zero attached hydrogens (tertiary/aromatic N) is 5. The highest BCUT2D eigenvalue weighted by atomic mass is 19.1. The Balaban J connectivity index is 1.93. The Morgan fingerprint density at radius 1 is 1.19 bits per heavy atom. The van der Waals surface area contributed by atoms with Crippen molar-refractivity contribution in [3.63, 3.8) is 0 Å². The van der Waals surface area contributed by atoms with Crippen molar-refractivity contribution < 1.29 is 9.18 Å². The molecule has 0 radical (unpaired) electrons. The minimum absolute atomic E-state index is 0.135. The van der Waals surface area contributed by atoms with Gasteiger partial charge >= 0.3 is 0 Å². The Hall–Kier alpha value is -3.16. The van der Waals surface area contributed by atoms with Gasteiger partial charge in [0, 0.05) is 6.20 Å². The van der Waals surface area contributed by atoms with Gasteiger partial charge in [0.2, 0.25) is 5.95 Å². The van der Waals surface area contributed by atoms with E-state index in [1.165, 1.54) is 29.3 Å².